The van der Waals surface area contributed by atoms with Gasteiger partial charge in [-0.3, -0.25) is 9.97 Å². The molecule has 5 rings (SSSR count). The molecule has 0 fully saturated rings. The molecule has 5 heteroatoms. The van der Waals surface area contributed by atoms with Gasteiger partial charge in [0.05, 0.1) is 33.1 Å². The van der Waals surface area contributed by atoms with Gasteiger partial charge in [0, 0.05) is 23.2 Å². The Balaban J connectivity index is 0.00000135. The molecule has 111 valence electrons. The molecule has 0 saturated heterocycles. The largest absolute Gasteiger partial charge is 2.00 e. The number of aromatic nitrogens is 4. The number of pyridine rings is 2. The van der Waals surface area contributed by atoms with Crippen molar-refractivity contribution in [2.45, 2.75) is 0 Å². The van der Waals surface area contributed by atoms with Gasteiger partial charge in [-0.05, 0) is 36.4 Å². The second-order valence-electron chi connectivity index (χ2n) is 5.21. The van der Waals surface area contributed by atoms with Crippen molar-refractivity contribution in [3.63, 3.8) is 0 Å². The van der Waals surface area contributed by atoms with E-state index in [9.17, 15) is 0 Å². The second kappa shape index (κ2) is 5.23. The fourth-order valence-corrected chi connectivity index (χ4v) is 2.95. The minimum absolute atomic E-state index is 0. The summed E-state index contributed by atoms with van der Waals surface area (Å²) in [4.78, 5) is 18.7. The smallest absolute Gasteiger partial charge is 0.254 e. The van der Waals surface area contributed by atoms with Gasteiger partial charge in [0.2, 0.25) is 0 Å². The number of benzene rings is 2. The molecular weight excluding hydrogens is 336 g/mol. The van der Waals surface area contributed by atoms with Crippen molar-refractivity contribution in [3.05, 3.63) is 60.9 Å². The van der Waals surface area contributed by atoms with Crippen LogP contribution in [0.4, 0.5) is 0 Å². The van der Waals surface area contributed by atoms with Gasteiger partial charge in [0.1, 0.15) is 0 Å². The van der Waals surface area contributed by atoms with Gasteiger partial charge >= 0.3 is 17.1 Å². The van der Waals surface area contributed by atoms with Crippen LogP contribution >= 0.6 is 0 Å². The summed E-state index contributed by atoms with van der Waals surface area (Å²) in [5.74, 6) is 0. The average Bonchev–Trinajstić information content (AvgIpc) is 2.61. The first-order valence-corrected chi connectivity index (χ1v) is 7.10. The molecule has 0 amide bonds. The van der Waals surface area contributed by atoms with E-state index < -0.39 is 0 Å². The van der Waals surface area contributed by atoms with E-state index in [0.717, 1.165) is 43.9 Å². The second-order valence-corrected chi connectivity index (χ2v) is 5.21. The SMILES string of the molecule is [Cu+2].c1ccc2nc3c4cccnc4c4ncccc4c3nc2c1. The van der Waals surface area contributed by atoms with Crippen LogP contribution in [0.5, 0.6) is 0 Å². The van der Waals surface area contributed by atoms with Gasteiger partial charge in [0.15, 0.2) is 0 Å². The molecule has 0 spiro atoms. The summed E-state index contributed by atoms with van der Waals surface area (Å²) in [6, 6.07) is 15.8. The van der Waals surface area contributed by atoms with Crippen LogP contribution in [-0.4, -0.2) is 19.9 Å². The molecule has 0 unspecified atom stereocenters. The Bertz CT molecular complexity index is 1090. The Morgan fingerprint density at radius 2 is 1.00 bits per heavy atom. The fraction of sp³-hybridized carbons (Fsp3) is 0. The number of nitrogens with zero attached hydrogens (tertiary/aromatic N) is 4. The average molecular weight is 346 g/mol. The van der Waals surface area contributed by atoms with Crippen molar-refractivity contribution in [3.8, 4) is 0 Å². The minimum atomic E-state index is 0. The zero-order chi connectivity index (χ0) is 14.5. The molecule has 1 radical (unpaired) electrons. The topological polar surface area (TPSA) is 51.6 Å². The first-order valence-electron chi connectivity index (χ1n) is 7.10. The Labute approximate surface area is 142 Å². The van der Waals surface area contributed by atoms with E-state index in [-0.39, 0.29) is 17.1 Å². The van der Waals surface area contributed by atoms with Gasteiger partial charge in [-0.2, -0.15) is 0 Å². The van der Waals surface area contributed by atoms with E-state index in [0.29, 0.717) is 0 Å². The summed E-state index contributed by atoms with van der Waals surface area (Å²) in [7, 11) is 0. The summed E-state index contributed by atoms with van der Waals surface area (Å²) >= 11 is 0. The van der Waals surface area contributed by atoms with E-state index in [4.69, 9.17) is 9.97 Å². The van der Waals surface area contributed by atoms with Crippen LogP contribution in [-0.2, 0) is 17.1 Å². The van der Waals surface area contributed by atoms with Crippen molar-refractivity contribution in [2.75, 3.05) is 0 Å². The molecule has 0 aliphatic heterocycles. The van der Waals surface area contributed by atoms with Gasteiger partial charge in [-0.1, -0.05) is 12.1 Å². The molecule has 23 heavy (non-hydrogen) atoms. The molecule has 0 bridgehead atoms. The molecule has 4 nitrogen and oxygen atoms in total. The van der Waals surface area contributed by atoms with Crippen molar-refractivity contribution < 1.29 is 17.1 Å². The van der Waals surface area contributed by atoms with Crippen LogP contribution < -0.4 is 0 Å². The van der Waals surface area contributed by atoms with Crippen molar-refractivity contribution >= 4 is 43.9 Å². The summed E-state index contributed by atoms with van der Waals surface area (Å²) in [6.45, 7) is 0. The molecule has 0 atom stereocenters. The van der Waals surface area contributed by atoms with Crippen LogP contribution in [0.25, 0.3) is 43.9 Å². The summed E-state index contributed by atoms with van der Waals surface area (Å²) < 4.78 is 0. The zero-order valence-electron chi connectivity index (χ0n) is 11.9. The number of fused-ring (bicyclic) bond motifs is 7. The Morgan fingerprint density at radius 3 is 1.48 bits per heavy atom. The Kier molecular flexibility index (Phi) is 3.18. The van der Waals surface area contributed by atoms with Crippen molar-refractivity contribution in [2.24, 2.45) is 0 Å². The third-order valence-electron chi connectivity index (χ3n) is 3.92. The van der Waals surface area contributed by atoms with E-state index in [2.05, 4.69) is 9.97 Å². The summed E-state index contributed by atoms with van der Waals surface area (Å²) in [5, 5.41) is 1.98. The van der Waals surface area contributed by atoms with Crippen LogP contribution in [0, 0.1) is 0 Å². The molecular formula is C18H10CuN4+2. The van der Waals surface area contributed by atoms with Gasteiger partial charge in [-0.25, -0.2) is 9.97 Å². The Hall–Kier alpha value is -2.62. The standard InChI is InChI=1S/C18H10N4.Cu/c1-2-8-14-13(7-1)21-17-11-5-3-9-19-15(11)16-12(18(17)22-14)6-4-10-20-16;/h1-10H;/q;+2. The van der Waals surface area contributed by atoms with Gasteiger partial charge in [-0.15, -0.1) is 0 Å². The minimum Gasteiger partial charge on any atom is -0.254 e. The van der Waals surface area contributed by atoms with Crippen LogP contribution in [0.2, 0.25) is 0 Å². The molecule has 0 aliphatic rings. The third-order valence-corrected chi connectivity index (χ3v) is 3.92. The molecule has 0 N–H and O–H groups in total. The predicted molar refractivity (Wildman–Crippen MR) is 87.6 cm³/mol. The normalized spacial score (nSPS) is 11.1. The van der Waals surface area contributed by atoms with Crippen LogP contribution in [0.15, 0.2) is 60.9 Å². The number of rotatable bonds is 0. The molecule has 2 aromatic carbocycles. The molecule has 3 heterocycles. The molecule has 5 aromatic rings. The number of hydrogen-bond donors (Lipinski definition) is 0. The quantitative estimate of drug-likeness (QED) is 0.243. The van der Waals surface area contributed by atoms with Gasteiger partial charge < -0.3 is 0 Å². The maximum atomic E-state index is 4.83. The predicted octanol–water partition coefficient (Wildman–Crippen LogP) is 3.88. The Morgan fingerprint density at radius 1 is 0.522 bits per heavy atom. The van der Waals surface area contributed by atoms with Crippen molar-refractivity contribution in [1.29, 1.82) is 0 Å². The monoisotopic (exact) mass is 345 g/mol. The van der Waals surface area contributed by atoms with Crippen molar-refractivity contribution in [1.82, 2.24) is 19.9 Å². The third kappa shape index (κ3) is 1.98. The van der Waals surface area contributed by atoms with Crippen LogP contribution in [0.1, 0.15) is 0 Å². The zero-order valence-corrected chi connectivity index (χ0v) is 12.8. The van der Waals surface area contributed by atoms with Crippen LogP contribution in [0.3, 0.4) is 0 Å². The van der Waals surface area contributed by atoms with E-state index in [1.165, 1.54) is 0 Å². The fourth-order valence-electron chi connectivity index (χ4n) is 2.95. The summed E-state index contributed by atoms with van der Waals surface area (Å²) in [6.07, 6.45) is 3.58. The van der Waals surface area contributed by atoms with E-state index in [1.54, 1.807) is 12.4 Å². The molecule has 0 saturated carbocycles. The first-order chi connectivity index (χ1) is 10.9. The van der Waals surface area contributed by atoms with E-state index >= 15 is 0 Å². The first kappa shape index (κ1) is 14.0. The van der Waals surface area contributed by atoms with E-state index in [1.807, 2.05) is 48.5 Å². The number of para-hydroxylation sites is 2. The maximum absolute atomic E-state index is 4.83. The summed E-state index contributed by atoms with van der Waals surface area (Å²) in [5.41, 5.74) is 5.28. The maximum Gasteiger partial charge on any atom is 2.00 e. The molecule has 3 aromatic heterocycles. The number of hydrogen-bond acceptors (Lipinski definition) is 4. The molecule has 0 aliphatic carbocycles. The van der Waals surface area contributed by atoms with Gasteiger partial charge in [0.25, 0.3) is 0 Å².